The Bertz CT molecular complexity index is 851. The maximum absolute atomic E-state index is 12.0. The van der Waals surface area contributed by atoms with Crippen LogP contribution in [0.4, 0.5) is 0 Å². The predicted molar refractivity (Wildman–Crippen MR) is 112 cm³/mol. The maximum atomic E-state index is 12.0. The van der Waals surface area contributed by atoms with Gasteiger partial charge in [-0.3, -0.25) is 19.1 Å². The fraction of sp³-hybridized carbons (Fsp3) is 0.600. The SMILES string of the molecule is CN=C(NCCCc1nnc2ccccn12)N1CCN(CC(=O)NC2CC2)CC1. The van der Waals surface area contributed by atoms with E-state index in [1.54, 1.807) is 0 Å². The molecule has 1 aliphatic carbocycles. The topological polar surface area (TPSA) is 90.2 Å². The minimum absolute atomic E-state index is 0.157. The van der Waals surface area contributed by atoms with Gasteiger partial charge in [-0.2, -0.15) is 0 Å². The zero-order chi connectivity index (χ0) is 20.1. The predicted octanol–water partition coefficient (Wildman–Crippen LogP) is 0.134. The summed E-state index contributed by atoms with van der Waals surface area (Å²) in [6.07, 6.45) is 6.08. The third-order valence-corrected chi connectivity index (χ3v) is 5.44. The van der Waals surface area contributed by atoms with Crippen LogP contribution in [0.1, 0.15) is 25.1 Å². The van der Waals surface area contributed by atoms with Crippen LogP contribution in [-0.4, -0.2) is 88.6 Å². The molecule has 0 aromatic carbocycles. The minimum Gasteiger partial charge on any atom is -0.356 e. The molecule has 0 unspecified atom stereocenters. The third-order valence-electron chi connectivity index (χ3n) is 5.44. The number of aromatic nitrogens is 3. The van der Waals surface area contributed by atoms with Gasteiger partial charge in [-0.1, -0.05) is 6.07 Å². The van der Waals surface area contributed by atoms with Crippen molar-refractivity contribution in [3.8, 4) is 0 Å². The summed E-state index contributed by atoms with van der Waals surface area (Å²) in [6.45, 7) is 4.85. The number of guanidine groups is 1. The minimum atomic E-state index is 0.157. The second kappa shape index (κ2) is 9.21. The molecule has 0 spiro atoms. The van der Waals surface area contributed by atoms with Crippen LogP contribution in [0.25, 0.3) is 5.65 Å². The average molecular weight is 399 g/mol. The number of nitrogens with one attached hydrogen (secondary N) is 2. The number of carbonyl (C=O) groups excluding carboxylic acids is 1. The number of nitrogens with zero attached hydrogens (tertiary/aromatic N) is 6. The van der Waals surface area contributed by atoms with Crippen LogP contribution < -0.4 is 10.6 Å². The summed E-state index contributed by atoms with van der Waals surface area (Å²) >= 11 is 0. The van der Waals surface area contributed by atoms with E-state index in [2.05, 4.69) is 35.6 Å². The van der Waals surface area contributed by atoms with Gasteiger partial charge in [0.25, 0.3) is 0 Å². The van der Waals surface area contributed by atoms with Crippen molar-refractivity contribution in [2.24, 2.45) is 4.99 Å². The highest BCUT2D eigenvalue weighted by Gasteiger charge is 2.25. The standard InChI is InChI=1S/C20H30N8O/c1-21-20(22-9-4-6-18-25-24-17-5-2-3-10-28(17)18)27-13-11-26(12-14-27)15-19(29)23-16-7-8-16/h2-3,5,10,16H,4,6-9,11-15H2,1H3,(H,21,22)(H,23,29). The molecule has 1 amide bonds. The molecule has 1 saturated carbocycles. The van der Waals surface area contributed by atoms with Gasteiger partial charge in [0.1, 0.15) is 5.82 Å². The number of hydrogen-bond donors (Lipinski definition) is 2. The van der Waals surface area contributed by atoms with Crippen LogP contribution in [-0.2, 0) is 11.2 Å². The molecular formula is C20H30N8O. The molecular weight excluding hydrogens is 368 g/mol. The van der Waals surface area contributed by atoms with Gasteiger partial charge in [0, 0.05) is 58.4 Å². The van der Waals surface area contributed by atoms with Crippen LogP contribution in [0.15, 0.2) is 29.4 Å². The lowest BCUT2D eigenvalue weighted by Crippen LogP contribution is -2.54. The molecule has 0 radical (unpaired) electrons. The largest absolute Gasteiger partial charge is 0.356 e. The van der Waals surface area contributed by atoms with E-state index in [1.807, 2.05) is 35.8 Å². The number of hydrogen-bond acceptors (Lipinski definition) is 5. The van der Waals surface area contributed by atoms with Gasteiger partial charge >= 0.3 is 0 Å². The zero-order valence-electron chi connectivity index (χ0n) is 17.0. The van der Waals surface area contributed by atoms with Gasteiger partial charge in [-0.25, -0.2) is 0 Å². The molecule has 2 fully saturated rings. The normalized spacial score (nSPS) is 18.2. The quantitative estimate of drug-likeness (QED) is 0.392. The van der Waals surface area contributed by atoms with E-state index in [-0.39, 0.29) is 5.91 Å². The monoisotopic (exact) mass is 398 g/mol. The van der Waals surface area contributed by atoms with Crippen LogP contribution in [0.5, 0.6) is 0 Å². The van der Waals surface area contributed by atoms with Crippen molar-refractivity contribution < 1.29 is 4.79 Å². The molecule has 0 atom stereocenters. The van der Waals surface area contributed by atoms with Crippen molar-refractivity contribution >= 4 is 17.5 Å². The molecule has 9 heteroatoms. The lowest BCUT2D eigenvalue weighted by atomic mass is 10.3. The number of aryl methyl sites for hydroxylation is 1. The van der Waals surface area contributed by atoms with Gasteiger partial charge in [0.2, 0.25) is 5.91 Å². The van der Waals surface area contributed by atoms with E-state index in [0.717, 1.165) is 75.8 Å². The van der Waals surface area contributed by atoms with E-state index in [0.29, 0.717) is 12.6 Å². The lowest BCUT2D eigenvalue weighted by Gasteiger charge is -2.36. The summed E-state index contributed by atoms with van der Waals surface area (Å²) in [5.74, 6) is 2.07. The Morgan fingerprint density at radius 3 is 2.79 bits per heavy atom. The number of aliphatic imine (C=N–C) groups is 1. The fourth-order valence-corrected chi connectivity index (χ4v) is 3.66. The van der Waals surface area contributed by atoms with Crippen molar-refractivity contribution in [1.29, 1.82) is 0 Å². The van der Waals surface area contributed by atoms with Gasteiger partial charge < -0.3 is 15.5 Å². The Morgan fingerprint density at radius 2 is 2.03 bits per heavy atom. The van der Waals surface area contributed by atoms with Crippen LogP contribution in [0.2, 0.25) is 0 Å². The molecule has 2 aromatic heterocycles. The van der Waals surface area contributed by atoms with E-state index < -0.39 is 0 Å². The molecule has 3 heterocycles. The maximum Gasteiger partial charge on any atom is 0.234 e. The van der Waals surface area contributed by atoms with Gasteiger partial charge in [-0.15, -0.1) is 10.2 Å². The number of rotatable bonds is 7. The van der Waals surface area contributed by atoms with Crippen molar-refractivity contribution in [1.82, 2.24) is 35.0 Å². The summed E-state index contributed by atoms with van der Waals surface area (Å²) in [5, 5.41) is 15.0. The molecule has 4 rings (SSSR count). The lowest BCUT2D eigenvalue weighted by molar-refractivity contribution is -0.122. The molecule has 1 aliphatic heterocycles. The smallest absolute Gasteiger partial charge is 0.234 e. The average Bonchev–Trinajstić information content (AvgIpc) is 3.46. The van der Waals surface area contributed by atoms with Crippen molar-refractivity contribution in [3.63, 3.8) is 0 Å². The first-order chi connectivity index (χ1) is 14.2. The zero-order valence-corrected chi connectivity index (χ0v) is 17.0. The molecule has 0 bridgehead atoms. The highest BCUT2D eigenvalue weighted by atomic mass is 16.2. The number of amides is 1. The highest BCUT2D eigenvalue weighted by Crippen LogP contribution is 2.18. The Balaban J connectivity index is 1.17. The number of pyridine rings is 1. The summed E-state index contributed by atoms with van der Waals surface area (Å²) < 4.78 is 2.04. The first-order valence-corrected chi connectivity index (χ1v) is 10.5. The Kier molecular flexibility index (Phi) is 6.24. The first-order valence-electron chi connectivity index (χ1n) is 10.5. The summed E-state index contributed by atoms with van der Waals surface area (Å²) in [6, 6.07) is 6.36. The number of carbonyl (C=O) groups is 1. The van der Waals surface area contributed by atoms with Crippen LogP contribution in [0.3, 0.4) is 0 Å². The molecule has 2 N–H and O–H groups in total. The highest BCUT2D eigenvalue weighted by molar-refractivity contribution is 5.80. The van der Waals surface area contributed by atoms with Crippen LogP contribution in [0, 0.1) is 0 Å². The number of piperazine rings is 1. The second-order valence-corrected chi connectivity index (χ2v) is 7.73. The Morgan fingerprint density at radius 1 is 1.21 bits per heavy atom. The van der Waals surface area contributed by atoms with Crippen molar-refractivity contribution in [2.75, 3.05) is 46.3 Å². The van der Waals surface area contributed by atoms with E-state index in [9.17, 15) is 4.79 Å². The van der Waals surface area contributed by atoms with E-state index in [4.69, 9.17) is 0 Å². The summed E-state index contributed by atoms with van der Waals surface area (Å²) in [7, 11) is 1.82. The first kappa shape index (κ1) is 19.6. The third kappa shape index (κ3) is 5.23. The molecule has 156 valence electrons. The van der Waals surface area contributed by atoms with Crippen molar-refractivity contribution in [2.45, 2.75) is 31.7 Å². The van der Waals surface area contributed by atoms with Crippen LogP contribution >= 0.6 is 0 Å². The fourth-order valence-electron chi connectivity index (χ4n) is 3.66. The van der Waals surface area contributed by atoms with Gasteiger partial charge in [-0.05, 0) is 31.4 Å². The summed E-state index contributed by atoms with van der Waals surface area (Å²) in [4.78, 5) is 20.9. The Hall–Kier alpha value is -2.68. The summed E-state index contributed by atoms with van der Waals surface area (Å²) in [5.41, 5.74) is 0.884. The molecule has 1 saturated heterocycles. The molecule has 2 aliphatic rings. The van der Waals surface area contributed by atoms with E-state index in [1.165, 1.54) is 0 Å². The molecule has 9 nitrogen and oxygen atoms in total. The van der Waals surface area contributed by atoms with Gasteiger partial charge in [0.05, 0.1) is 6.54 Å². The molecule has 29 heavy (non-hydrogen) atoms. The van der Waals surface area contributed by atoms with Gasteiger partial charge in [0.15, 0.2) is 11.6 Å². The molecule has 2 aromatic rings. The Labute approximate surface area is 171 Å². The van der Waals surface area contributed by atoms with E-state index >= 15 is 0 Å². The van der Waals surface area contributed by atoms with Crippen molar-refractivity contribution in [3.05, 3.63) is 30.2 Å². The second-order valence-electron chi connectivity index (χ2n) is 7.73. The number of fused-ring (bicyclic) bond motifs is 1.